The van der Waals surface area contributed by atoms with Crippen LogP contribution in [0.2, 0.25) is 5.02 Å². The van der Waals surface area contributed by atoms with Crippen molar-refractivity contribution in [3.05, 3.63) is 130 Å². The summed E-state index contributed by atoms with van der Waals surface area (Å²) in [5.41, 5.74) is 6.79. The molecule has 0 radical (unpaired) electrons. The second-order valence-corrected chi connectivity index (χ2v) is 35.4. The van der Waals surface area contributed by atoms with Gasteiger partial charge >= 0.3 is 0 Å². The van der Waals surface area contributed by atoms with Gasteiger partial charge in [-0.2, -0.15) is 8.42 Å². The molecule has 6 aliphatic rings. The molecule has 21 heteroatoms. The molecule has 1 amide bonds. The summed E-state index contributed by atoms with van der Waals surface area (Å²) in [7, 11) is 3.08. The largest absolute Gasteiger partial charge is 0.493 e. The van der Waals surface area contributed by atoms with E-state index < -0.39 is 10.1 Å². The monoisotopic (exact) mass is 1600 g/mol. The highest BCUT2D eigenvalue weighted by Gasteiger charge is 2.29. The Morgan fingerprint density at radius 3 is 1.60 bits per heavy atom. The second-order valence-electron chi connectivity index (χ2n) is 32.0. The fourth-order valence-electron chi connectivity index (χ4n) is 14.6. The molecule has 0 bridgehead atoms. The molecule has 4 aromatic carbocycles. The number of rotatable bonds is 24. The number of hydrogen-bond donors (Lipinski definition) is 2. The standard InChI is InChI=1S/C21H22ClNO4.C20H33NO.C18H35NO.C18H30O3S.C8H16N2OS2.C4H9NO/c1-25-19-8-5-16(13-20(19)26-2)18(15-3-6-17(22)7-4-15)14-21(24)23-9-11-27-12-10-23;1-15(12-21-13-16(2)22-17(3)14-21)11-18-7-9-19(10-8-18)20(4,5)6;1-16-14-19(15-17(2)20-16)18-12-10-8-6-4-3-5-7-9-11-13-18;1-2-3-4-5-6-7-8-9-10-11-12-17-13-15-18(16-14-17)22(19,20)21;1-9(2)8(12)13-7-10-3-5-11-6-4-10;1-3-6-4-2-5-1/h3-8,13-14H,9-12H2,1-2H3;7-10,15-17H,11-14H2,1-6H3;16-18H,3-15H2,1-2H3;13-16H,2-12H2,1H3,(H,19,20,21);3-7H2,1-2H3;5H,1-4H2/b18-14+;;;;;/t;15?,16-,17+;;;;. The molecule has 0 spiro atoms. The smallest absolute Gasteiger partial charge is 0.294 e. The van der Waals surface area contributed by atoms with Crippen molar-refractivity contribution in [1.29, 1.82) is 0 Å². The van der Waals surface area contributed by atoms with Crippen molar-refractivity contribution in [2.24, 2.45) is 5.92 Å². The molecule has 17 nitrogen and oxygen atoms in total. The molecular weight excluding hydrogens is 1460 g/mol. The van der Waals surface area contributed by atoms with Gasteiger partial charge < -0.3 is 48.3 Å². The summed E-state index contributed by atoms with van der Waals surface area (Å²) in [6.07, 6.45) is 34.5. The fourth-order valence-corrected chi connectivity index (χ4v) is 16.2. The van der Waals surface area contributed by atoms with Crippen LogP contribution in [0.4, 0.5) is 0 Å². The Balaban J connectivity index is 0.000000244. The first kappa shape index (κ1) is 96.4. The van der Waals surface area contributed by atoms with Crippen LogP contribution >= 0.6 is 35.6 Å². The maximum Gasteiger partial charge on any atom is 0.294 e. The van der Waals surface area contributed by atoms with Crippen molar-refractivity contribution in [3.8, 4) is 11.5 Å². The number of amides is 1. The molecule has 1 saturated carbocycles. The van der Waals surface area contributed by atoms with E-state index in [1.807, 2.05) is 61.5 Å². The first-order valence-electron chi connectivity index (χ1n) is 41.8. The molecule has 622 valence electrons. The Morgan fingerprint density at radius 2 is 1.12 bits per heavy atom. The van der Waals surface area contributed by atoms with E-state index in [0.29, 0.717) is 73.2 Å². The number of thioether (sulfide) groups is 1. The Labute approximate surface area is 681 Å². The van der Waals surface area contributed by atoms with Crippen molar-refractivity contribution < 1.29 is 50.9 Å². The molecule has 0 aromatic heterocycles. The Kier molecular flexibility index (Phi) is 48.5. The quantitative estimate of drug-likeness (QED) is 0.0294. The molecule has 5 aliphatic heterocycles. The van der Waals surface area contributed by atoms with Gasteiger partial charge in [0.05, 0.1) is 89.0 Å². The number of carbonyl (C=O) groups is 1. The topological polar surface area (TPSA) is 164 Å². The van der Waals surface area contributed by atoms with E-state index in [2.05, 4.69) is 107 Å². The van der Waals surface area contributed by atoms with E-state index in [1.165, 1.54) is 158 Å². The lowest BCUT2D eigenvalue weighted by Crippen LogP contribution is -2.50. The number of aryl methyl sites for hydroxylation is 1. The lowest BCUT2D eigenvalue weighted by Gasteiger charge is -2.40. The summed E-state index contributed by atoms with van der Waals surface area (Å²) in [5, 5.41) is 3.80. The third-order valence-corrected chi connectivity index (χ3v) is 23.6. The second kappa shape index (κ2) is 55.3. The van der Waals surface area contributed by atoms with Crippen molar-refractivity contribution >= 4 is 61.5 Å². The first-order chi connectivity index (χ1) is 52.8. The summed E-state index contributed by atoms with van der Waals surface area (Å²) in [6, 6.07) is 29.6. The molecule has 1 aliphatic carbocycles. The Morgan fingerprint density at radius 1 is 0.636 bits per heavy atom. The van der Waals surface area contributed by atoms with Crippen LogP contribution in [0.25, 0.3) is 5.57 Å². The predicted molar refractivity (Wildman–Crippen MR) is 463 cm³/mol. The fraction of sp³-hybridized carbons (Fsp3) is 0.685. The average molecular weight is 1610 g/mol. The van der Waals surface area contributed by atoms with E-state index in [4.69, 9.17) is 61.5 Å². The van der Waals surface area contributed by atoms with Gasteiger partial charge in [-0.3, -0.25) is 24.0 Å². The Bertz CT molecular complexity index is 3200. The molecule has 4 aromatic rings. The molecule has 10 rings (SSSR count). The molecule has 110 heavy (non-hydrogen) atoms. The number of carbonyl (C=O) groups excluding carboxylic acids is 1. The maximum absolute atomic E-state index is 12.8. The zero-order valence-corrected chi connectivity index (χ0v) is 73.3. The van der Waals surface area contributed by atoms with E-state index in [-0.39, 0.29) is 16.2 Å². The molecular formula is C89H145ClN6O11S3. The van der Waals surface area contributed by atoms with Crippen LogP contribution < -0.4 is 14.8 Å². The summed E-state index contributed by atoms with van der Waals surface area (Å²) < 4.78 is 69.8. The van der Waals surface area contributed by atoms with Crippen LogP contribution in [0, 0.1) is 5.92 Å². The van der Waals surface area contributed by atoms with Crippen LogP contribution in [0.1, 0.15) is 225 Å². The van der Waals surface area contributed by atoms with Crippen molar-refractivity contribution in [2.45, 2.75) is 251 Å². The van der Waals surface area contributed by atoms with Gasteiger partial charge in [-0.25, -0.2) is 0 Å². The summed E-state index contributed by atoms with van der Waals surface area (Å²) >= 11 is 12.9. The van der Waals surface area contributed by atoms with Crippen LogP contribution in [-0.2, 0) is 56.9 Å². The Hall–Kier alpha value is -4.23. The van der Waals surface area contributed by atoms with Crippen molar-refractivity contribution in [1.82, 2.24) is 29.8 Å². The highest BCUT2D eigenvalue weighted by molar-refractivity contribution is 8.22. The van der Waals surface area contributed by atoms with Gasteiger partial charge in [-0.1, -0.05) is 240 Å². The number of unbranched alkanes of at least 4 members (excludes halogenated alkanes) is 9. The molecule has 5 heterocycles. The van der Waals surface area contributed by atoms with Gasteiger partial charge in [0.25, 0.3) is 10.1 Å². The van der Waals surface area contributed by atoms with Gasteiger partial charge in [-0.15, -0.1) is 0 Å². The van der Waals surface area contributed by atoms with Crippen molar-refractivity contribution in [2.75, 3.05) is 146 Å². The highest BCUT2D eigenvalue weighted by atomic mass is 35.5. The normalized spacial score (nSPS) is 20.6. The lowest BCUT2D eigenvalue weighted by atomic mass is 9.86. The number of morpholine rings is 5. The van der Waals surface area contributed by atoms with Crippen LogP contribution in [0.5, 0.6) is 11.5 Å². The van der Waals surface area contributed by atoms with Crippen molar-refractivity contribution in [3.63, 3.8) is 0 Å². The predicted octanol–water partition coefficient (Wildman–Crippen LogP) is 18.5. The third kappa shape index (κ3) is 40.9. The van der Waals surface area contributed by atoms with E-state index >= 15 is 0 Å². The molecule has 2 N–H and O–H groups in total. The molecule has 3 unspecified atom stereocenters. The van der Waals surface area contributed by atoms with Crippen LogP contribution in [-0.4, -0.2) is 224 Å². The van der Waals surface area contributed by atoms with Gasteiger partial charge in [0.2, 0.25) is 5.91 Å². The zero-order valence-electron chi connectivity index (χ0n) is 70.1. The number of hydrogen-bond acceptors (Lipinski definition) is 16. The summed E-state index contributed by atoms with van der Waals surface area (Å²) in [4.78, 5) is 24.2. The van der Waals surface area contributed by atoms with E-state index in [9.17, 15) is 13.2 Å². The maximum atomic E-state index is 12.8. The number of nitrogens with one attached hydrogen (secondary N) is 1. The van der Waals surface area contributed by atoms with Gasteiger partial charge in [0, 0.05) is 103 Å². The third-order valence-electron chi connectivity index (χ3n) is 20.7. The van der Waals surface area contributed by atoms with E-state index in [0.717, 1.165) is 137 Å². The summed E-state index contributed by atoms with van der Waals surface area (Å²) in [6.45, 7) is 35.8. The number of thiocarbonyl (C=S) groups is 1. The number of nitrogens with zero attached hydrogens (tertiary/aromatic N) is 5. The minimum Gasteiger partial charge on any atom is -0.493 e. The highest BCUT2D eigenvalue weighted by Crippen LogP contribution is 2.34. The molecule has 5 saturated heterocycles. The van der Waals surface area contributed by atoms with Gasteiger partial charge in [0.1, 0.15) is 4.32 Å². The van der Waals surface area contributed by atoms with Crippen LogP contribution in [0.15, 0.2) is 102 Å². The molecule has 6 fully saturated rings. The number of ether oxygens (including phenoxy) is 7. The number of halogens is 1. The first-order valence-corrected chi connectivity index (χ1v) is 45.0. The number of benzene rings is 4. The average Bonchev–Trinajstić information content (AvgIpc) is 0.738. The van der Waals surface area contributed by atoms with Gasteiger partial charge in [0.15, 0.2) is 11.5 Å². The minimum atomic E-state index is -4.06. The molecule has 5 atom stereocenters. The van der Waals surface area contributed by atoms with Crippen LogP contribution in [0.3, 0.4) is 0 Å². The zero-order chi connectivity index (χ0) is 79.9. The lowest BCUT2D eigenvalue weighted by molar-refractivity contribution is -0.129. The van der Waals surface area contributed by atoms with Gasteiger partial charge in [-0.05, 0) is 141 Å². The summed E-state index contributed by atoms with van der Waals surface area (Å²) in [5.74, 6) is 2.86. The van der Waals surface area contributed by atoms with E-state index in [1.54, 1.807) is 49.1 Å². The number of methoxy groups -OCH3 is 2. The SMILES string of the molecule is C1COCCN1.CC(Cc1ccc(C(C)(C)C)cc1)CN1C[C@@H](C)O[C@@H](C)C1.CC1CN(C2CCCCCCCCCCC2)CC(C)O1.CCCCCCCCCCCCc1ccc(S(=O)(=O)O)cc1.CN(C)C(=S)SCN1CCOCC1.COc1ccc(/C(=C/C(=O)N2CCOCC2)c2ccc(Cl)cc2)cc1OC. The minimum absolute atomic E-state index is 0.0284.